The van der Waals surface area contributed by atoms with Gasteiger partial charge in [-0.15, -0.1) is 0 Å². The Morgan fingerprint density at radius 2 is 1.72 bits per heavy atom. The van der Waals surface area contributed by atoms with Crippen molar-refractivity contribution in [1.29, 1.82) is 0 Å². The van der Waals surface area contributed by atoms with E-state index in [-0.39, 0.29) is 12.5 Å². The average Bonchev–Trinajstić information content (AvgIpc) is 2.83. The van der Waals surface area contributed by atoms with Crippen molar-refractivity contribution >= 4 is 23.6 Å². The number of ether oxygens (including phenoxy) is 1. The van der Waals surface area contributed by atoms with Gasteiger partial charge in [0.25, 0.3) is 5.91 Å². The van der Waals surface area contributed by atoms with Crippen molar-refractivity contribution in [1.82, 2.24) is 15.6 Å². The number of carbonyl (C=O) groups excluding carboxylic acids is 3. The second-order valence-corrected chi connectivity index (χ2v) is 6.82. The number of urea groups is 1. The summed E-state index contributed by atoms with van der Waals surface area (Å²) in [5.74, 6) is -0.751. The van der Waals surface area contributed by atoms with Crippen LogP contribution in [0.1, 0.15) is 34.5 Å². The second-order valence-electron chi connectivity index (χ2n) is 6.82. The van der Waals surface area contributed by atoms with Crippen molar-refractivity contribution in [3.63, 3.8) is 0 Å². The fourth-order valence-electron chi connectivity index (χ4n) is 2.94. The van der Waals surface area contributed by atoms with E-state index in [9.17, 15) is 14.4 Å². The monoisotopic (exact) mass is 432 g/mol. The van der Waals surface area contributed by atoms with Crippen molar-refractivity contribution in [2.24, 2.45) is 0 Å². The molecular weight excluding hydrogens is 408 g/mol. The van der Waals surface area contributed by atoms with Gasteiger partial charge in [-0.2, -0.15) is 0 Å². The number of hydrogen-bond acceptors (Lipinski definition) is 5. The Hall–Kier alpha value is -4.20. The topological polar surface area (TPSA) is 109 Å². The molecule has 0 aliphatic carbocycles. The normalized spacial score (nSPS) is 11.2. The van der Waals surface area contributed by atoms with Gasteiger partial charge in [-0.25, -0.2) is 9.59 Å². The van der Waals surface area contributed by atoms with Gasteiger partial charge >= 0.3 is 12.0 Å². The van der Waals surface area contributed by atoms with Gasteiger partial charge in [-0.05, 0) is 42.3 Å². The number of aromatic nitrogens is 1. The third kappa shape index (κ3) is 6.40. The van der Waals surface area contributed by atoms with Gasteiger partial charge in [0.05, 0.1) is 12.2 Å². The van der Waals surface area contributed by atoms with E-state index >= 15 is 0 Å². The molecule has 32 heavy (non-hydrogen) atoms. The third-order valence-electron chi connectivity index (χ3n) is 4.52. The molecule has 1 unspecified atom stereocenters. The molecule has 0 saturated carbocycles. The molecular formula is C24H24N4O4. The van der Waals surface area contributed by atoms with Crippen LogP contribution >= 0.6 is 0 Å². The zero-order valence-corrected chi connectivity index (χ0v) is 17.6. The highest BCUT2D eigenvalue weighted by Crippen LogP contribution is 2.16. The first-order chi connectivity index (χ1) is 15.6. The molecule has 3 N–H and O–H groups in total. The molecule has 3 amide bonds. The van der Waals surface area contributed by atoms with Crippen LogP contribution < -0.4 is 16.0 Å². The van der Waals surface area contributed by atoms with Crippen LogP contribution in [0.2, 0.25) is 0 Å². The second kappa shape index (κ2) is 11.3. The Morgan fingerprint density at radius 1 is 0.969 bits per heavy atom. The number of nitrogens with one attached hydrogen (secondary N) is 3. The minimum Gasteiger partial charge on any atom is -0.464 e. The van der Waals surface area contributed by atoms with Crippen LogP contribution in [-0.4, -0.2) is 29.5 Å². The fourth-order valence-corrected chi connectivity index (χ4v) is 2.94. The van der Waals surface area contributed by atoms with Gasteiger partial charge in [-0.3, -0.25) is 9.78 Å². The minimum absolute atomic E-state index is 0.213. The van der Waals surface area contributed by atoms with E-state index in [1.807, 2.05) is 6.07 Å². The molecule has 8 nitrogen and oxygen atoms in total. The zero-order valence-electron chi connectivity index (χ0n) is 17.6. The molecule has 0 radical (unpaired) electrons. The van der Waals surface area contributed by atoms with Crippen molar-refractivity contribution in [3.8, 4) is 0 Å². The summed E-state index contributed by atoms with van der Waals surface area (Å²) in [4.78, 5) is 40.8. The van der Waals surface area contributed by atoms with Crippen LogP contribution in [0, 0.1) is 0 Å². The Labute approximate surface area is 186 Å². The molecule has 3 aromatic rings. The molecule has 0 aliphatic rings. The first kappa shape index (κ1) is 22.5. The van der Waals surface area contributed by atoms with Crippen molar-refractivity contribution < 1.29 is 19.1 Å². The van der Waals surface area contributed by atoms with Crippen LogP contribution in [0.3, 0.4) is 0 Å². The number of pyridine rings is 1. The summed E-state index contributed by atoms with van der Waals surface area (Å²) in [7, 11) is 0. The first-order valence-corrected chi connectivity index (χ1v) is 10.1. The van der Waals surface area contributed by atoms with Crippen molar-refractivity contribution in [2.75, 3.05) is 11.9 Å². The summed E-state index contributed by atoms with van der Waals surface area (Å²) >= 11 is 0. The zero-order chi connectivity index (χ0) is 22.8. The van der Waals surface area contributed by atoms with Crippen molar-refractivity contribution in [2.45, 2.75) is 19.5 Å². The van der Waals surface area contributed by atoms with E-state index in [0.717, 1.165) is 5.56 Å². The SMILES string of the molecule is CCOC(=O)C(NC(=O)Nc1ccc(CNC(=O)c2cccnc2)cc1)c1ccccc1. The largest absolute Gasteiger partial charge is 0.464 e. The number of carbonyl (C=O) groups is 3. The number of rotatable bonds is 8. The highest BCUT2D eigenvalue weighted by Gasteiger charge is 2.23. The number of amides is 3. The van der Waals surface area contributed by atoms with Crippen LogP contribution in [0.5, 0.6) is 0 Å². The summed E-state index contributed by atoms with van der Waals surface area (Å²) in [6.07, 6.45) is 3.10. The van der Waals surface area contributed by atoms with Crippen LogP contribution in [0.25, 0.3) is 0 Å². The van der Waals surface area contributed by atoms with Gasteiger partial charge in [-0.1, -0.05) is 42.5 Å². The first-order valence-electron chi connectivity index (χ1n) is 10.1. The number of nitrogens with zero attached hydrogens (tertiary/aromatic N) is 1. The summed E-state index contributed by atoms with van der Waals surface area (Å²) < 4.78 is 5.08. The van der Waals surface area contributed by atoms with E-state index in [4.69, 9.17) is 4.74 Å². The van der Waals surface area contributed by atoms with Gasteiger partial charge in [0.15, 0.2) is 6.04 Å². The Morgan fingerprint density at radius 3 is 2.38 bits per heavy atom. The Bertz CT molecular complexity index is 1040. The quantitative estimate of drug-likeness (QED) is 0.473. The van der Waals surface area contributed by atoms with Gasteiger partial charge in [0.1, 0.15) is 0 Å². The number of benzene rings is 2. The predicted octanol–water partition coefficient (Wildman–Crippen LogP) is 3.44. The molecule has 0 fully saturated rings. The molecule has 1 aromatic heterocycles. The molecule has 0 spiro atoms. The molecule has 0 saturated heterocycles. The Balaban J connectivity index is 1.56. The summed E-state index contributed by atoms with van der Waals surface area (Å²) in [6, 6.07) is 17.8. The van der Waals surface area contributed by atoms with E-state index in [0.29, 0.717) is 23.4 Å². The maximum atomic E-state index is 12.5. The summed E-state index contributed by atoms with van der Waals surface area (Å²) in [5, 5.41) is 8.17. The molecule has 8 heteroatoms. The van der Waals surface area contributed by atoms with Crippen LogP contribution in [0.15, 0.2) is 79.1 Å². The number of esters is 1. The summed E-state index contributed by atoms with van der Waals surface area (Å²) in [6.45, 7) is 2.25. The van der Waals surface area contributed by atoms with Crippen LogP contribution in [0.4, 0.5) is 10.5 Å². The molecule has 3 rings (SSSR count). The van der Waals surface area contributed by atoms with Gasteiger partial charge < -0.3 is 20.7 Å². The van der Waals surface area contributed by atoms with Gasteiger partial charge in [0.2, 0.25) is 0 Å². The minimum atomic E-state index is -0.918. The predicted molar refractivity (Wildman–Crippen MR) is 120 cm³/mol. The highest BCUT2D eigenvalue weighted by molar-refractivity contribution is 5.94. The highest BCUT2D eigenvalue weighted by atomic mass is 16.5. The lowest BCUT2D eigenvalue weighted by Crippen LogP contribution is -2.37. The lowest BCUT2D eigenvalue weighted by atomic mass is 10.1. The van der Waals surface area contributed by atoms with Gasteiger partial charge in [0, 0.05) is 24.6 Å². The molecule has 1 heterocycles. The molecule has 1 atom stereocenters. The van der Waals surface area contributed by atoms with Crippen molar-refractivity contribution in [3.05, 3.63) is 95.8 Å². The lowest BCUT2D eigenvalue weighted by molar-refractivity contribution is -0.145. The summed E-state index contributed by atoms with van der Waals surface area (Å²) in [5.41, 5.74) is 2.51. The Kier molecular flexibility index (Phi) is 7.91. The van der Waals surface area contributed by atoms with Crippen LogP contribution in [-0.2, 0) is 16.1 Å². The molecule has 0 aliphatic heterocycles. The molecule has 164 valence electrons. The maximum Gasteiger partial charge on any atom is 0.333 e. The number of hydrogen-bond donors (Lipinski definition) is 3. The van der Waals surface area contributed by atoms with E-state index in [1.165, 1.54) is 6.20 Å². The maximum absolute atomic E-state index is 12.5. The average molecular weight is 432 g/mol. The lowest BCUT2D eigenvalue weighted by Gasteiger charge is -2.18. The molecule has 2 aromatic carbocycles. The third-order valence-corrected chi connectivity index (χ3v) is 4.52. The molecule has 0 bridgehead atoms. The number of anilines is 1. The van der Waals surface area contributed by atoms with E-state index < -0.39 is 18.0 Å². The smallest absolute Gasteiger partial charge is 0.333 e. The van der Waals surface area contributed by atoms with E-state index in [2.05, 4.69) is 20.9 Å². The standard InChI is InChI=1S/C24H24N4O4/c1-2-32-23(30)21(18-7-4-3-5-8-18)28-24(31)27-20-12-10-17(11-13-20)15-26-22(29)19-9-6-14-25-16-19/h3-14,16,21H,2,15H2,1H3,(H,26,29)(H2,27,28,31). The van der Waals surface area contributed by atoms with E-state index in [1.54, 1.807) is 73.8 Å². The fraction of sp³-hybridized carbons (Fsp3) is 0.167.